The molecule has 0 fully saturated rings. The number of nitrogens with one attached hydrogen (secondary N) is 2. The van der Waals surface area contributed by atoms with Crippen LogP contribution in [0.2, 0.25) is 0 Å². The molecule has 1 atom stereocenters. The molecular weight excluding hydrogens is 526 g/mol. The van der Waals surface area contributed by atoms with Crippen LogP contribution >= 0.6 is 11.3 Å². The van der Waals surface area contributed by atoms with Crippen LogP contribution in [0.15, 0.2) is 65.2 Å². The number of rotatable bonds is 7. The molecule has 2 aromatic carbocycles. The van der Waals surface area contributed by atoms with Gasteiger partial charge in [0.1, 0.15) is 5.01 Å². The van der Waals surface area contributed by atoms with Gasteiger partial charge < -0.3 is 9.73 Å². The van der Waals surface area contributed by atoms with E-state index < -0.39 is 29.6 Å². The molecule has 0 saturated heterocycles. The Morgan fingerprint density at radius 3 is 2.50 bits per heavy atom. The van der Waals surface area contributed by atoms with Gasteiger partial charge >= 0.3 is 6.18 Å². The van der Waals surface area contributed by atoms with Crippen molar-refractivity contribution in [1.82, 2.24) is 30.9 Å². The number of carbonyl (C=O) groups is 1. The molecule has 194 valence electrons. The molecule has 5 rings (SSSR count). The highest BCUT2D eigenvalue weighted by Gasteiger charge is 2.31. The molecule has 5 aromatic rings. The Labute approximate surface area is 215 Å². The van der Waals surface area contributed by atoms with E-state index in [0.717, 1.165) is 34.5 Å². The van der Waals surface area contributed by atoms with Crippen molar-refractivity contribution in [3.8, 4) is 11.1 Å². The van der Waals surface area contributed by atoms with Crippen LogP contribution in [0.5, 0.6) is 0 Å². The smallest absolute Gasteiger partial charge is 0.416 e. The fourth-order valence-corrected chi connectivity index (χ4v) is 4.64. The number of hydrazine groups is 1. The summed E-state index contributed by atoms with van der Waals surface area (Å²) in [4.78, 5) is 21.3. The fraction of sp³-hybridized carbons (Fsp3) is 0.125. The molecule has 4 N–H and O–H groups in total. The topological polar surface area (TPSA) is 132 Å². The molecule has 0 spiro atoms. The van der Waals surface area contributed by atoms with E-state index in [1.165, 1.54) is 23.6 Å². The maximum atomic E-state index is 13.2. The van der Waals surface area contributed by atoms with Gasteiger partial charge in [0.15, 0.2) is 6.04 Å². The highest BCUT2D eigenvalue weighted by atomic mass is 32.1. The normalized spacial score (nSPS) is 12.6. The Hall–Kier alpha value is -4.27. The van der Waals surface area contributed by atoms with Crippen LogP contribution in [0, 0.1) is 5.95 Å². The van der Waals surface area contributed by atoms with E-state index in [0.29, 0.717) is 16.1 Å². The third-order valence-electron chi connectivity index (χ3n) is 5.45. The summed E-state index contributed by atoms with van der Waals surface area (Å²) < 4.78 is 58.4. The van der Waals surface area contributed by atoms with Gasteiger partial charge in [0, 0.05) is 17.3 Å². The number of aromatic nitrogens is 4. The van der Waals surface area contributed by atoms with Crippen LogP contribution in [0.4, 0.5) is 17.6 Å². The van der Waals surface area contributed by atoms with Gasteiger partial charge in [0.05, 0.1) is 22.3 Å². The van der Waals surface area contributed by atoms with Crippen molar-refractivity contribution in [2.24, 2.45) is 5.84 Å². The summed E-state index contributed by atoms with van der Waals surface area (Å²) in [5, 5.41) is 11.0. The third kappa shape index (κ3) is 5.37. The molecule has 14 heteroatoms. The Bertz CT molecular complexity index is 1580. The van der Waals surface area contributed by atoms with E-state index in [4.69, 9.17) is 10.3 Å². The highest BCUT2D eigenvalue weighted by Crippen LogP contribution is 2.33. The molecule has 1 unspecified atom stereocenters. The van der Waals surface area contributed by atoms with Crippen molar-refractivity contribution in [1.29, 1.82) is 0 Å². The number of pyridine rings is 1. The van der Waals surface area contributed by atoms with E-state index in [1.807, 2.05) is 6.07 Å². The Kier molecular flexibility index (Phi) is 6.84. The van der Waals surface area contributed by atoms with Crippen molar-refractivity contribution in [2.45, 2.75) is 18.8 Å². The van der Waals surface area contributed by atoms with Crippen LogP contribution in [-0.2, 0) is 12.7 Å². The lowest BCUT2D eigenvalue weighted by atomic mass is 10.1. The van der Waals surface area contributed by atoms with Crippen molar-refractivity contribution in [3.63, 3.8) is 0 Å². The molecule has 0 aliphatic heterocycles. The number of benzene rings is 2. The standard InChI is InChI=1S/C24H17F4N7O2S/c25-18-8-4-14(10-30-18)13-3-7-16-17(9-13)38-23(32-16)20(22-35-34-19(37-22)11-31-29)33-21(36)12-1-5-15(6-2-12)24(26,27)28/h1-10,20,31H,11,29H2,(H,33,36). The Morgan fingerprint density at radius 2 is 1.82 bits per heavy atom. The van der Waals surface area contributed by atoms with Crippen LogP contribution in [0.3, 0.4) is 0 Å². The summed E-state index contributed by atoms with van der Waals surface area (Å²) in [6.45, 7) is 0.0709. The van der Waals surface area contributed by atoms with Gasteiger partial charge in [-0.2, -0.15) is 17.6 Å². The minimum atomic E-state index is -4.53. The first kappa shape index (κ1) is 25.4. The summed E-state index contributed by atoms with van der Waals surface area (Å²) in [6, 6.07) is 11.1. The van der Waals surface area contributed by atoms with Gasteiger partial charge in [-0.25, -0.2) is 9.97 Å². The molecule has 0 aliphatic carbocycles. The molecule has 9 nitrogen and oxygen atoms in total. The fourth-order valence-electron chi connectivity index (χ4n) is 3.59. The predicted molar refractivity (Wildman–Crippen MR) is 129 cm³/mol. The number of alkyl halides is 3. The summed E-state index contributed by atoms with van der Waals surface area (Å²) in [5.41, 5.74) is 3.60. The second-order valence-electron chi connectivity index (χ2n) is 8.00. The van der Waals surface area contributed by atoms with E-state index in [2.05, 4.69) is 30.9 Å². The quantitative estimate of drug-likeness (QED) is 0.119. The molecule has 0 radical (unpaired) electrons. The largest absolute Gasteiger partial charge is 0.421 e. The Balaban J connectivity index is 1.49. The number of amides is 1. The average Bonchev–Trinajstić information content (AvgIpc) is 3.54. The van der Waals surface area contributed by atoms with E-state index in [9.17, 15) is 22.4 Å². The number of halogens is 4. The van der Waals surface area contributed by atoms with Gasteiger partial charge in [-0.3, -0.25) is 16.1 Å². The second kappa shape index (κ2) is 10.2. The predicted octanol–water partition coefficient (Wildman–Crippen LogP) is 4.38. The molecule has 1 amide bonds. The SMILES string of the molecule is NNCc1nnc(C(NC(=O)c2ccc(C(F)(F)F)cc2)c2nc3ccc(-c4ccc(F)nc4)cc3s2)o1. The van der Waals surface area contributed by atoms with Crippen LogP contribution < -0.4 is 16.6 Å². The number of nitrogens with two attached hydrogens (primary N) is 1. The average molecular weight is 544 g/mol. The van der Waals surface area contributed by atoms with Gasteiger partial charge in [0.2, 0.25) is 17.7 Å². The van der Waals surface area contributed by atoms with Gasteiger partial charge in [-0.1, -0.05) is 6.07 Å². The zero-order valence-electron chi connectivity index (χ0n) is 19.2. The zero-order chi connectivity index (χ0) is 26.9. The maximum absolute atomic E-state index is 13.2. The lowest BCUT2D eigenvalue weighted by Gasteiger charge is -2.13. The number of carbonyl (C=O) groups excluding carboxylic acids is 1. The Morgan fingerprint density at radius 1 is 1.05 bits per heavy atom. The summed E-state index contributed by atoms with van der Waals surface area (Å²) >= 11 is 1.24. The lowest BCUT2D eigenvalue weighted by Crippen LogP contribution is -2.29. The second-order valence-corrected chi connectivity index (χ2v) is 9.06. The van der Waals surface area contributed by atoms with E-state index in [1.54, 1.807) is 18.2 Å². The van der Waals surface area contributed by atoms with Crippen molar-refractivity contribution < 1.29 is 26.8 Å². The number of nitrogens with zero attached hydrogens (tertiary/aromatic N) is 4. The van der Waals surface area contributed by atoms with Gasteiger partial charge in [-0.05, 0) is 54.1 Å². The number of hydrogen-bond acceptors (Lipinski definition) is 9. The first-order valence-corrected chi connectivity index (χ1v) is 11.8. The monoisotopic (exact) mass is 543 g/mol. The first-order chi connectivity index (χ1) is 18.2. The molecule has 0 bridgehead atoms. The van der Waals surface area contributed by atoms with Crippen LogP contribution in [-0.4, -0.2) is 26.1 Å². The van der Waals surface area contributed by atoms with Crippen molar-refractivity contribution >= 4 is 27.5 Å². The minimum Gasteiger partial charge on any atom is -0.421 e. The van der Waals surface area contributed by atoms with E-state index >= 15 is 0 Å². The first-order valence-electron chi connectivity index (χ1n) is 11.0. The van der Waals surface area contributed by atoms with Crippen molar-refractivity contribution in [3.05, 3.63) is 94.7 Å². The number of fused-ring (bicyclic) bond motifs is 1. The molecular formula is C24H17F4N7O2S. The summed E-state index contributed by atoms with van der Waals surface area (Å²) in [6.07, 6.45) is -3.12. The van der Waals surface area contributed by atoms with Crippen LogP contribution in [0.25, 0.3) is 21.3 Å². The third-order valence-corrected chi connectivity index (χ3v) is 6.53. The molecule has 0 saturated carbocycles. The highest BCUT2D eigenvalue weighted by molar-refractivity contribution is 7.18. The van der Waals surface area contributed by atoms with E-state index in [-0.39, 0.29) is 23.9 Å². The number of thiazole rings is 1. The minimum absolute atomic E-state index is 0.00132. The lowest BCUT2D eigenvalue weighted by molar-refractivity contribution is -0.137. The van der Waals surface area contributed by atoms with Gasteiger partial charge in [0.25, 0.3) is 5.91 Å². The zero-order valence-corrected chi connectivity index (χ0v) is 20.0. The molecule has 3 heterocycles. The molecule has 38 heavy (non-hydrogen) atoms. The van der Waals surface area contributed by atoms with Crippen LogP contribution in [0.1, 0.15) is 38.8 Å². The summed E-state index contributed by atoms with van der Waals surface area (Å²) in [5.74, 6) is 4.22. The molecule has 3 aromatic heterocycles. The molecule has 0 aliphatic rings. The van der Waals surface area contributed by atoms with Gasteiger partial charge in [-0.15, -0.1) is 21.5 Å². The summed E-state index contributed by atoms with van der Waals surface area (Å²) in [7, 11) is 0. The number of hydrogen-bond donors (Lipinski definition) is 3. The van der Waals surface area contributed by atoms with Crippen molar-refractivity contribution in [2.75, 3.05) is 0 Å². The maximum Gasteiger partial charge on any atom is 0.416 e.